The van der Waals surface area contributed by atoms with Crippen LogP contribution in [-0.4, -0.2) is 57.5 Å². The quantitative estimate of drug-likeness (QED) is 0.888. The molecule has 150 valence electrons. The second kappa shape index (κ2) is 7.48. The number of carbonyl (C=O) groups excluding carboxylic acids is 1. The normalized spacial score (nSPS) is 26.0. The van der Waals surface area contributed by atoms with Crippen molar-refractivity contribution in [3.63, 3.8) is 0 Å². The van der Waals surface area contributed by atoms with E-state index in [1.165, 1.54) is 57.3 Å². The summed E-state index contributed by atoms with van der Waals surface area (Å²) >= 11 is 0. The lowest BCUT2D eigenvalue weighted by Gasteiger charge is -2.46. The van der Waals surface area contributed by atoms with E-state index in [0.29, 0.717) is 0 Å². The molecule has 6 nitrogen and oxygen atoms in total. The number of hydrogen-bond acceptors (Lipinski definition) is 4. The average molecular weight is 382 g/mol. The molecule has 1 aromatic carbocycles. The van der Waals surface area contributed by atoms with Crippen molar-refractivity contribution in [2.75, 3.05) is 31.5 Å². The monoisotopic (exact) mass is 381 g/mol. The number of piperidine rings is 2. The van der Waals surface area contributed by atoms with Crippen molar-refractivity contribution in [1.29, 1.82) is 0 Å². The van der Waals surface area contributed by atoms with E-state index in [-0.39, 0.29) is 5.91 Å². The summed E-state index contributed by atoms with van der Waals surface area (Å²) in [6.07, 6.45) is 6.93. The molecule has 5 rings (SSSR count). The van der Waals surface area contributed by atoms with Crippen LogP contribution in [0.25, 0.3) is 11.0 Å². The molecule has 4 heterocycles. The van der Waals surface area contributed by atoms with E-state index >= 15 is 0 Å². The van der Waals surface area contributed by atoms with Crippen LogP contribution < -0.4 is 5.32 Å². The van der Waals surface area contributed by atoms with E-state index in [2.05, 4.69) is 25.8 Å². The van der Waals surface area contributed by atoms with Gasteiger partial charge in [-0.1, -0.05) is 6.42 Å². The third-order valence-corrected chi connectivity index (χ3v) is 6.87. The Kier molecular flexibility index (Phi) is 4.85. The number of nitrogens with zero attached hydrogens (tertiary/aromatic N) is 4. The predicted molar refractivity (Wildman–Crippen MR) is 111 cm³/mol. The van der Waals surface area contributed by atoms with Gasteiger partial charge >= 0.3 is 0 Å². The molecule has 2 aromatic rings. The van der Waals surface area contributed by atoms with Gasteiger partial charge in [-0.15, -0.1) is 0 Å². The smallest absolute Gasteiger partial charge is 0.221 e. The molecule has 1 N–H and O–H groups in total. The van der Waals surface area contributed by atoms with E-state index in [1.54, 1.807) is 6.92 Å². The van der Waals surface area contributed by atoms with Gasteiger partial charge in [0, 0.05) is 38.3 Å². The van der Waals surface area contributed by atoms with Gasteiger partial charge in [0.25, 0.3) is 0 Å². The molecule has 28 heavy (non-hydrogen) atoms. The molecule has 3 aliphatic rings. The van der Waals surface area contributed by atoms with Crippen molar-refractivity contribution in [3.8, 4) is 0 Å². The summed E-state index contributed by atoms with van der Waals surface area (Å²) < 4.78 is 2.36. The van der Waals surface area contributed by atoms with Crippen LogP contribution in [0, 0.1) is 5.92 Å². The van der Waals surface area contributed by atoms with Crippen LogP contribution in [0.2, 0.25) is 0 Å². The number of hydrogen-bond donors (Lipinski definition) is 1. The van der Waals surface area contributed by atoms with Gasteiger partial charge in [-0.2, -0.15) is 0 Å². The molecule has 1 amide bonds. The Balaban J connectivity index is 1.31. The SMILES string of the molecule is CC(=O)Nc1ccc2c(c1)nc1n2CCN(C[C@H]2CCCN3CCCC[C@H]23)C1. The topological polar surface area (TPSA) is 53.4 Å². The molecular weight excluding hydrogens is 350 g/mol. The molecule has 2 saturated heterocycles. The van der Waals surface area contributed by atoms with Crippen molar-refractivity contribution >= 4 is 22.6 Å². The second-order valence-corrected chi connectivity index (χ2v) is 8.80. The Morgan fingerprint density at radius 2 is 2.04 bits per heavy atom. The molecule has 0 aliphatic carbocycles. The van der Waals surface area contributed by atoms with Crippen molar-refractivity contribution in [2.24, 2.45) is 5.92 Å². The maximum atomic E-state index is 11.3. The Morgan fingerprint density at radius 3 is 2.93 bits per heavy atom. The van der Waals surface area contributed by atoms with Crippen LogP contribution in [0.3, 0.4) is 0 Å². The van der Waals surface area contributed by atoms with E-state index < -0.39 is 0 Å². The Labute approximate surface area is 166 Å². The minimum Gasteiger partial charge on any atom is -0.326 e. The standard InChI is InChI=1S/C22H31N5O/c1-16(28)23-18-7-8-21-19(13-18)24-22-15-25(11-12-27(21)22)14-17-5-4-10-26-9-3-2-6-20(17)26/h7-8,13,17,20H,2-6,9-12,14-15H2,1H3,(H,23,28)/t17-,20-/m1/s1. The lowest BCUT2D eigenvalue weighted by molar-refractivity contribution is -0.114. The number of fused-ring (bicyclic) bond motifs is 4. The van der Waals surface area contributed by atoms with Gasteiger partial charge in [0.2, 0.25) is 5.91 Å². The number of benzene rings is 1. The molecule has 1 aromatic heterocycles. The zero-order valence-corrected chi connectivity index (χ0v) is 16.9. The Morgan fingerprint density at radius 1 is 1.14 bits per heavy atom. The molecule has 0 unspecified atom stereocenters. The molecule has 0 bridgehead atoms. The second-order valence-electron chi connectivity index (χ2n) is 8.80. The van der Waals surface area contributed by atoms with E-state index in [0.717, 1.165) is 48.6 Å². The lowest BCUT2D eigenvalue weighted by Crippen LogP contribution is -2.51. The minimum absolute atomic E-state index is 0.0428. The van der Waals surface area contributed by atoms with Gasteiger partial charge < -0.3 is 14.8 Å². The van der Waals surface area contributed by atoms with Crippen LogP contribution in [0.5, 0.6) is 0 Å². The fourth-order valence-corrected chi connectivity index (χ4v) is 5.63. The summed E-state index contributed by atoms with van der Waals surface area (Å²) in [5.74, 6) is 1.94. The summed E-state index contributed by atoms with van der Waals surface area (Å²) in [5, 5.41) is 2.86. The molecule has 6 heteroatoms. The number of anilines is 1. The first kappa shape index (κ1) is 18.1. The van der Waals surface area contributed by atoms with Crippen LogP contribution in [0.1, 0.15) is 44.9 Å². The number of nitrogens with one attached hydrogen (secondary N) is 1. The van der Waals surface area contributed by atoms with Gasteiger partial charge in [-0.25, -0.2) is 4.98 Å². The number of rotatable bonds is 3. The molecule has 2 fully saturated rings. The summed E-state index contributed by atoms with van der Waals surface area (Å²) in [5.41, 5.74) is 2.99. The van der Waals surface area contributed by atoms with Gasteiger partial charge in [0.1, 0.15) is 5.82 Å². The third kappa shape index (κ3) is 3.44. The van der Waals surface area contributed by atoms with Gasteiger partial charge in [-0.3, -0.25) is 9.69 Å². The Bertz CT molecular complexity index is 873. The third-order valence-electron chi connectivity index (χ3n) is 6.87. The maximum Gasteiger partial charge on any atom is 0.221 e. The molecule has 0 radical (unpaired) electrons. The maximum absolute atomic E-state index is 11.3. The van der Waals surface area contributed by atoms with Crippen LogP contribution >= 0.6 is 0 Å². The van der Waals surface area contributed by atoms with Crippen LogP contribution in [0.4, 0.5) is 5.69 Å². The summed E-state index contributed by atoms with van der Waals surface area (Å²) in [6, 6.07) is 6.87. The van der Waals surface area contributed by atoms with Crippen molar-refractivity contribution in [2.45, 2.75) is 58.2 Å². The van der Waals surface area contributed by atoms with Gasteiger partial charge in [0.15, 0.2) is 0 Å². The highest BCUT2D eigenvalue weighted by molar-refractivity contribution is 5.91. The fraction of sp³-hybridized carbons (Fsp3) is 0.636. The highest BCUT2D eigenvalue weighted by atomic mass is 16.1. The summed E-state index contributed by atoms with van der Waals surface area (Å²) in [6.45, 7) is 8.43. The van der Waals surface area contributed by atoms with E-state index in [1.807, 2.05) is 12.1 Å². The van der Waals surface area contributed by atoms with Crippen molar-refractivity contribution in [1.82, 2.24) is 19.4 Å². The molecule has 0 saturated carbocycles. The largest absolute Gasteiger partial charge is 0.326 e. The van der Waals surface area contributed by atoms with Crippen molar-refractivity contribution in [3.05, 3.63) is 24.0 Å². The predicted octanol–water partition coefficient (Wildman–Crippen LogP) is 3.07. The first-order valence-electron chi connectivity index (χ1n) is 10.9. The number of carbonyl (C=O) groups is 1. The lowest BCUT2D eigenvalue weighted by atomic mass is 9.83. The van der Waals surface area contributed by atoms with E-state index in [9.17, 15) is 4.79 Å². The minimum atomic E-state index is -0.0428. The molecule has 0 spiro atoms. The average Bonchev–Trinajstić information content (AvgIpc) is 3.04. The summed E-state index contributed by atoms with van der Waals surface area (Å²) in [7, 11) is 0. The fourth-order valence-electron chi connectivity index (χ4n) is 5.63. The van der Waals surface area contributed by atoms with Gasteiger partial charge in [0.05, 0.1) is 17.6 Å². The molecule has 3 aliphatic heterocycles. The first-order valence-corrected chi connectivity index (χ1v) is 10.9. The van der Waals surface area contributed by atoms with Crippen LogP contribution in [-0.2, 0) is 17.9 Å². The number of amides is 1. The van der Waals surface area contributed by atoms with Gasteiger partial charge in [-0.05, 0) is 62.9 Å². The number of imidazole rings is 1. The Hall–Kier alpha value is -1.92. The molecule has 2 atom stereocenters. The highest BCUT2D eigenvalue weighted by Crippen LogP contribution is 2.32. The zero-order valence-electron chi connectivity index (χ0n) is 16.9. The first-order chi connectivity index (χ1) is 13.7. The molecular formula is C22H31N5O. The van der Waals surface area contributed by atoms with Crippen LogP contribution in [0.15, 0.2) is 18.2 Å². The highest BCUT2D eigenvalue weighted by Gasteiger charge is 2.34. The number of aromatic nitrogens is 2. The van der Waals surface area contributed by atoms with E-state index in [4.69, 9.17) is 4.98 Å². The summed E-state index contributed by atoms with van der Waals surface area (Å²) in [4.78, 5) is 21.6. The zero-order chi connectivity index (χ0) is 19.1. The van der Waals surface area contributed by atoms with Crippen molar-refractivity contribution < 1.29 is 4.79 Å².